The van der Waals surface area contributed by atoms with Gasteiger partial charge in [0.2, 0.25) is 5.91 Å². The van der Waals surface area contributed by atoms with Crippen molar-refractivity contribution in [3.05, 3.63) is 197 Å². The number of carbonyl (C=O) groups is 5. The molecule has 0 aliphatic heterocycles. The highest BCUT2D eigenvalue weighted by Crippen LogP contribution is 2.38. The third kappa shape index (κ3) is 21.6. The monoisotopic (exact) mass is 1170 g/mol. The van der Waals surface area contributed by atoms with E-state index < -0.39 is 76.5 Å². The van der Waals surface area contributed by atoms with E-state index in [0.717, 1.165) is 16.7 Å². The second-order valence-corrected chi connectivity index (χ2v) is 33.6. The summed E-state index contributed by atoms with van der Waals surface area (Å²) >= 11 is 0. The van der Waals surface area contributed by atoms with Crippen molar-refractivity contribution in [3.63, 3.8) is 0 Å². The van der Waals surface area contributed by atoms with Gasteiger partial charge < -0.3 is 49.4 Å². The van der Waals surface area contributed by atoms with Crippen LogP contribution < -0.4 is 26.0 Å². The lowest BCUT2D eigenvalue weighted by molar-refractivity contribution is -0.149. The molecule has 6 aromatic carbocycles. The minimum absolute atomic E-state index is 0.0231. The molecular weight excluding hydrogens is 1090 g/mol. The number of ether oxygens (including phenoxy) is 5. The third-order valence-electron chi connectivity index (χ3n) is 14.4. The van der Waals surface area contributed by atoms with E-state index in [1.807, 2.05) is 115 Å². The lowest BCUT2D eigenvalue weighted by atomic mass is 9.95. The zero-order valence-electron chi connectivity index (χ0n) is 49.3. The molecule has 0 aromatic heterocycles. The van der Waals surface area contributed by atoms with Crippen LogP contribution in [0.2, 0.25) is 43.8 Å². The number of esters is 2. The van der Waals surface area contributed by atoms with Crippen molar-refractivity contribution in [2.45, 2.75) is 135 Å². The highest BCUT2D eigenvalue weighted by atomic mass is 28.4. The lowest BCUT2D eigenvalue weighted by Gasteiger charge is -2.40. The molecule has 0 bridgehead atoms. The van der Waals surface area contributed by atoms with Gasteiger partial charge >= 0.3 is 24.1 Å². The van der Waals surface area contributed by atoms with Gasteiger partial charge in [0.25, 0.3) is 0 Å². The Balaban J connectivity index is 1.29. The van der Waals surface area contributed by atoms with Gasteiger partial charge in [0, 0.05) is 27.5 Å². The molecule has 6 aromatic rings. The van der Waals surface area contributed by atoms with Crippen LogP contribution >= 0.6 is 0 Å². The zero-order chi connectivity index (χ0) is 60.0. The summed E-state index contributed by atoms with van der Waals surface area (Å²) in [6.45, 7) is 17.3. The average molecular weight is 1170 g/mol. The highest BCUT2D eigenvalue weighted by Gasteiger charge is 2.40. The Labute approximate surface area is 490 Å². The number of hydrogen-bond donors (Lipinski definition) is 4. The van der Waals surface area contributed by atoms with E-state index in [-0.39, 0.29) is 69.4 Å². The Morgan fingerprint density at radius 1 is 0.542 bits per heavy atom. The second-order valence-electron chi connectivity index (χ2n) is 23.2. The molecule has 0 spiro atoms. The van der Waals surface area contributed by atoms with Gasteiger partial charge in [-0.25, -0.2) is 23.6 Å². The molecule has 0 aliphatic carbocycles. The number of halogens is 1. The largest absolute Gasteiger partial charge is 0.489 e. The van der Waals surface area contributed by atoms with Crippen molar-refractivity contribution in [1.82, 2.24) is 21.3 Å². The van der Waals surface area contributed by atoms with E-state index >= 15 is 4.39 Å². The fraction of sp³-hybridized carbons (Fsp3) is 0.369. The first-order chi connectivity index (χ1) is 39.5. The fourth-order valence-electron chi connectivity index (χ4n) is 8.46. The van der Waals surface area contributed by atoms with E-state index in [1.54, 1.807) is 43.4 Å². The minimum Gasteiger partial charge on any atom is -0.489 e. The topological polar surface area (TPSA) is 189 Å². The van der Waals surface area contributed by atoms with Gasteiger partial charge in [-0.15, -0.1) is 0 Å². The Hall–Kier alpha value is -7.65. The van der Waals surface area contributed by atoms with E-state index in [1.165, 1.54) is 6.07 Å². The molecule has 15 nitrogen and oxygen atoms in total. The van der Waals surface area contributed by atoms with Gasteiger partial charge in [-0.05, 0) is 106 Å². The minimum atomic E-state index is -2.50. The number of carbonyl (C=O) groups excluding carboxylic acids is 5. The summed E-state index contributed by atoms with van der Waals surface area (Å²) < 4.78 is 52.2. The second kappa shape index (κ2) is 31.1. The quantitative estimate of drug-likeness (QED) is 0.0198. The average Bonchev–Trinajstić information content (AvgIpc) is 3.64. The molecule has 83 heavy (non-hydrogen) atoms. The number of nitrogens with one attached hydrogen (secondary N) is 4. The molecule has 0 aliphatic rings. The van der Waals surface area contributed by atoms with Crippen LogP contribution in [0.4, 0.5) is 14.0 Å². The number of hydrogen-bond acceptors (Lipinski definition) is 12. The Morgan fingerprint density at radius 3 is 1.54 bits per heavy atom. The molecule has 0 fully saturated rings. The standard InChI is InChI=1S/C65H81FN4O11Si2/c1-65(2,3)83(8,9)81-54(41-68-63(74)79-44-48-26-18-12-19-27-48)40-56(67-4)60(71)69-57(62(73)78-43-47-24-16-11-17-25-47)38-52-36-50(30-32-55(52)66)51-31-33-59(77-42-46-22-14-10-15-23-46)53(37-51)39-58(61(72)76-34-35-82(5,6)7)70-64(75)80-45-49-28-20-13-21-29-49/h10-33,36-37,54,56-58,67H,34-35,38-45H2,1-9H3,(H,68,74)(H,69,71)(H,70,75)/t54-,56+,57+,58+/m1/s1. The maximum atomic E-state index is 16.3. The first kappa shape index (κ1) is 64.5. The number of benzene rings is 6. The molecule has 0 radical (unpaired) electrons. The van der Waals surface area contributed by atoms with Crippen molar-refractivity contribution >= 4 is 46.4 Å². The van der Waals surface area contributed by atoms with E-state index in [9.17, 15) is 24.0 Å². The summed E-state index contributed by atoms with van der Waals surface area (Å²) in [4.78, 5) is 69.2. The molecule has 4 atom stereocenters. The summed E-state index contributed by atoms with van der Waals surface area (Å²) in [5.74, 6) is -2.23. The highest BCUT2D eigenvalue weighted by molar-refractivity contribution is 6.76. The SMILES string of the molecule is CN[C@@H](C[C@H](CNC(=O)OCc1ccccc1)O[Si](C)(C)C(C)(C)C)C(=O)N[C@@H](Cc1cc(-c2ccc(OCc3ccccc3)c(C[C@H](NC(=O)OCc3ccccc3)C(=O)OCC[Si](C)(C)C)c2)ccc1F)C(=O)OCc1ccccc1. The summed E-state index contributed by atoms with van der Waals surface area (Å²) in [6.07, 6.45) is -2.42. The summed E-state index contributed by atoms with van der Waals surface area (Å²) in [7, 11) is -2.49. The van der Waals surface area contributed by atoms with Gasteiger partial charge in [-0.2, -0.15) is 0 Å². The number of amides is 3. The molecule has 18 heteroatoms. The van der Waals surface area contributed by atoms with Crippen LogP contribution in [0.5, 0.6) is 5.75 Å². The first-order valence-corrected chi connectivity index (χ1v) is 34.7. The molecule has 3 amide bonds. The Kier molecular flexibility index (Phi) is 24.2. The number of rotatable bonds is 29. The summed E-state index contributed by atoms with van der Waals surface area (Å²) in [6, 6.07) is 44.1. The van der Waals surface area contributed by atoms with Crippen molar-refractivity contribution in [1.29, 1.82) is 0 Å². The molecule has 0 unspecified atom stereocenters. The van der Waals surface area contributed by atoms with Crippen LogP contribution in [-0.4, -0.2) is 90.9 Å². The van der Waals surface area contributed by atoms with Crippen LogP contribution in [0.1, 0.15) is 60.6 Å². The zero-order valence-corrected chi connectivity index (χ0v) is 51.3. The third-order valence-corrected chi connectivity index (χ3v) is 20.6. The first-order valence-electron chi connectivity index (χ1n) is 28.1. The maximum Gasteiger partial charge on any atom is 0.408 e. The normalized spacial score (nSPS) is 13.1. The van der Waals surface area contributed by atoms with E-state index in [4.69, 9.17) is 28.1 Å². The Morgan fingerprint density at radius 2 is 1.01 bits per heavy atom. The molecule has 6 rings (SSSR count). The lowest BCUT2D eigenvalue weighted by Crippen LogP contribution is -2.54. The van der Waals surface area contributed by atoms with E-state index in [2.05, 4.69) is 74.8 Å². The van der Waals surface area contributed by atoms with Gasteiger partial charge in [0.05, 0.1) is 18.8 Å². The Bertz CT molecular complexity index is 3040. The predicted octanol–water partition coefficient (Wildman–Crippen LogP) is 11.9. The van der Waals surface area contributed by atoms with E-state index in [0.29, 0.717) is 34.0 Å². The van der Waals surface area contributed by atoms with Crippen LogP contribution in [0, 0.1) is 5.82 Å². The van der Waals surface area contributed by atoms with Crippen molar-refractivity contribution in [3.8, 4) is 16.9 Å². The number of likely N-dealkylation sites (N-methyl/N-ethyl adjacent to an activating group) is 1. The molecule has 4 N–H and O–H groups in total. The van der Waals surface area contributed by atoms with Crippen LogP contribution in [0.3, 0.4) is 0 Å². The predicted molar refractivity (Wildman–Crippen MR) is 325 cm³/mol. The summed E-state index contributed by atoms with van der Waals surface area (Å²) in [5, 5.41) is 11.3. The molecular formula is C65H81FN4O11Si2. The van der Waals surface area contributed by atoms with Crippen LogP contribution in [-0.2, 0) is 77.0 Å². The molecule has 442 valence electrons. The summed E-state index contributed by atoms with van der Waals surface area (Å²) in [5.41, 5.74) is 4.96. The van der Waals surface area contributed by atoms with Gasteiger partial charge in [0.1, 0.15) is 50.1 Å². The molecule has 0 heterocycles. The van der Waals surface area contributed by atoms with Crippen LogP contribution in [0.25, 0.3) is 11.1 Å². The van der Waals surface area contributed by atoms with Gasteiger partial charge in [-0.3, -0.25) is 4.79 Å². The van der Waals surface area contributed by atoms with Crippen LogP contribution in [0.15, 0.2) is 158 Å². The van der Waals surface area contributed by atoms with Crippen molar-refractivity contribution in [2.24, 2.45) is 0 Å². The van der Waals surface area contributed by atoms with Gasteiger partial charge in [-0.1, -0.05) is 174 Å². The number of alkyl carbamates (subject to hydrolysis) is 2. The molecule has 0 saturated carbocycles. The smallest absolute Gasteiger partial charge is 0.408 e. The fourth-order valence-corrected chi connectivity index (χ4v) is 10.5. The molecule has 0 saturated heterocycles. The maximum absolute atomic E-state index is 16.3. The van der Waals surface area contributed by atoms with Crippen molar-refractivity contribution in [2.75, 3.05) is 20.2 Å². The van der Waals surface area contributed by atoms with Gasteiger partial charge in [0.15, 0.2) is 8.32 Å². The van der Waals surface area contributed by atoms with Crippen molar-refractivity contribution < 1.29 is 56.5 Å².